The maximum atomic E-state index is 13.2. The number of amides is 2. The number of thiophene rings is 1. The van der Waals surface area contributed by atoms with Crippen molar-refractivity contribution in [2.45, 2.75) is 18.4 Å². The lowest BCUT2D eigenvalue weighted by molar-refractivity contribution is -0.143. The second-order valence-corrected chi connectivity index (χ2v) is 11.4. The minimum absolute atomic E-state index is 0.0143. The number of benzene rings is 2. The third-order valence-corrected chi connectivity index (χ3v) is 8.06. The van der Waals surface area contributed by atoms with Crippen molar-refractivity contribution in [3.8, 4) is 11.1 Å². The number of carbonyl (C=O) groups excluding carboxylic acids is 2. The number of alkyl halides is 6. The van der Waals surface area contributed by atoms with Gasteiger partial charge >= 0.3 is 18.3 Å². The molecule has 0 aliphatic carbocycles. The topological polar surface area (TPSA) is 113 Å². The van der Waals surface area contributed by atoms with Crippen molar-refractivity contribution in [3.05, 3.63) is 80.4 Å². The van der Waals surface area contributed by atoms with Crippen molar-refractivity contribution in [2.24, 2.45) is 5.73 Å². The Morgan fingerprint density at radius 2 is 1.60 bits per heavy atom. The Kier molecular flexibility index (Phi) is 8.82. The summed E-state index contributed by atoms with van der Waals surface area (Å²) in [5.41, 5.74) is 3.15. The van der Waals surface area contributed by atoms with Crippen LogP contribution in [0.2, 0.25) is 0 Å². The molecule has 7 nitrogen and oxygen atoms in total. The van der Waals surface area contributed by atoms with Crippen LogP contribution < -0.4 is 11.1 Å². The average molecular weight is 646 g/mol. The van der Waals surface area contributed by atoms with Crippen molar-refractivity contribution in [1.82, 2.24) is 4.90 Å². The van der Waals surface area contributed by atoms with Crippen LogP contribution in [0.3, 0.4) is 0 Å². The molecule has 1 aliphatic rings. The molecule has 0 saturated carbocycles. The number of nitrogens with one attached hydrogen (secondary N) is 1. The molecule has 2 amide bonds. The highest BCUT2D eigenvalue weighted by Crippen LogP contribution is 2.40. The zero-order valence-corrected chi connectivity index (χ0v) is 23.2. The van der Waals surface area contributed by atoms with E-state index in [0.717, 1.165) is 28.0 Å². The molecule has 0 bridgehead atoms. The van der Waals surface area contributed by atoms with Gasteiger partial charge in [-0.05, 0) is 71.1 Å². The van der Waals surface area contributed by atoms with Gasteiger partial charge in [0.15, 0.2) is 0 Å². The molecule has 1 aromatic heterocycles. The molecule has 2 heterocycles. The number of nitrogens with zero attached hydrogens (tertiary/aromatic N) is 1. The van der Waals surface area contributed by atoms with Gasteiger partial charge in [-0.1, -0.05) is 24.0 Å². The van der Waals surface area contributed by atoms with Gasteiger partial charge in [0, 0.05) is 10.6 Å². The Labute approximate surface area is 247 Å². The molecule has 4 N–H and O–H groups in total. The van der Waals surface area contributed by atoms with Crippen LogP contribution in [-0.2, 0) is 21.9 Å². The molecule has 1 unspecified atom stereocenters. The molecule has 16 heteroatoms. The quantitative estimate of drug-likeness (QED) is 0.157. The van der Waals surface area contributed by atoms with E-state index in [1.165, 1.54) is 41.8 Å². The summed E-state index contributed by atoms with van der Waals surface area (Å²) < 4.78 is 79.6. The summed E-state index contributed by atoms with van der Waals surface area (Å²) in [7, 11) is 0. The maximum Gasteiger partial charge on any atom is 0.416 e. The minimum atomic E-state index is -4.99. The molecule has 42 heavy (non-hydrogen) atoms. The fourth-order valence-corrected chi connectivity index (χ4v) is 5.89. The first-order valence-corrected chi connectivity index (χ1v) is 13.7. The Morgan fingerprint density at radius 1 is 1.00 bits per heavy atom. The smallest absolute Gasteiger partial charge is 0.416 e. The SMILES string of the molecule is NC(CN1C(=O)/C(=C/c2cc(-c3cc(C(F)(F)F)cc(C(F)(F)F)c3)cs2)SC1=S)C(=O)Nc1ccc(C(=O)O)cc1. The summed E-state index contributed by atoms with van der Waals surface area (Å²) >= 11 is 7.12. The highest BCUT2D eigenvalue weighted by Gasteiger charge is 2.37. The lowest BCUT2D eigenvalue weighted by atomic mass is 10.0. The Hall–Kier alpha value is -3.73. The highest BCUT2D eigenvalue weighted by molar-refractivity contribution is 8.26. The van der Waals surface area contributed by atoms with E-state index in [0.29, 0.717) is 17.0 Å². The van der Waals surface area contributed by atoms with Crippen molar-refractivity contribution >= 4 is 69.2 Å². The van der Waals surface area contributed by atoms with Crippen LogP contribution >= 0.6 is 35.3 Å². The molecule has 0 spiro atoms. The fourth-order valence-electron chi connectivity index (χ4n) is 3.70. The number of hydrogen-bond donors (Lipinski definition) is 3. The lowest BCUT2D eigenvalue weighted by Gasteiger charge is -2.19. The van der Waals surface area contributed by atoms with Crippen LogP contribution in [0.4, 0.5) is 32.0 Å². The van der Waals surface area contributed by atoms with E-state index in [2.05, 4.69) is 5.32 Å². The second kappa shape index (κ2) is 11.9. The number of thiocarbonyl (C=S) groups is 1. The van der Waals surface area contributed by atoms with Gasteiger partial charge in [0.2, 0.25) is 5.91 Å². The zero-order valence-electron chi connectivity index (χ0n) is 20.7. The molecule has 1 fully saturated rings. The van der Waals surface area contributed by atoms with Crippen LogP contribution in [-0.4, -0.2) is 44.7 Å². The number of rotatable bonds is 7. The molecule has 1 atom stereocenters. The number of nitrogens with two attached hydrogens (primary N) is 1. The first-order chi connectivity index (χ1) is 19.5. The molecular weight excluding hydrogens is 628 g/mol. The van der Waals surface area contributed by atoms with Crippen LogP contribution in [0, 0.1) is 0 Å². The summed E-state index contributed by atoms with van der Waals surface area (Å²) in [4.78, 5) is 38.0. The molecule has 1 saturated heterocycles. The zero-order chi connectivity index (χ0) is 31.0. The highest BCUT2D eigenvalue weighted by atomic mass is 32.2. The average Bonchev–Trinajstić information content (AvgIpc) is 3.48. The van der Waals surface area contributed by atoms with Crippen LogP contribution in [0.15, 0.2) is 58.8 Å². The number of halogens is 6. The summed E-state index contributed by atoms with van der Waals surface area (Å²) in [5.74, 6) is -2.40. The predicted molar refractivity (Wildman–Crippen MR) is 150 cm³/mol. The van der Waals surface area contributed by atoms with Gasteiger partial charge in [-0.25, -0.2) is 4.79 Å². The van der Waals surface area contributed by atoms with Crippen LogP contribution in [0.1, 0.15) is 26.4 Å². The number of carboxylic acid groups (broad SMARTS) is 1. The van der Waals surface area contributed by atoms with E-state index in [9.17, 15) is 40.7 Å². The molecule has 220 valence electrons. The summed E-state index contributed by atoms with van der Waals surface area (Å²) in [6.07, 6.45) is -8.60. The third kappa shape index (κ3) is 7.18. The molecule has 0 radical (unpaired) electrons. The van der Waals surface area contributed by atoms with Crippen LogP contribution in [0.5, 0.6) is 0 Å². The van der Waals surface area contributed by atoms with Crippen molar-refractivity contribution in [3.63, 3.8) is 0 Å². The van der Waals surface area contributed by atoms with Gasteiger partial charge in [0.25, 0.3) is 5.91 Å². The summed E-state index contributed by atoms with van der Waals surface area (Å²) in [5, 5.41) is 12.8. The molecule has 3 aromatic rings. The first kappa shape index (κ1) is 31.2. The Bertz CT molecular complexity index is 1570. The van der Waals surface area contributed by atoms with Gasteiger partial charge in [-0.2, -0.15) is 26.3 Å². The van der Waals surface area contributed by atoms with Crippen molar-refractivity contribution in [1.29, 1.82) is 0 Å². The number of carboxylic acids is 1. The number of aromatic carboxylic acids is 1. The predicted octanol–water partition coefficient (Wildman–Crippen LogP) is 6.32. The molecule has 2 aromatic carbocycles. The number of carbonyl (C=O) groups is 3. The Balaban J connectivity index is 1.48. The van der Waals surface area contributed by atoms with E-state index >= 15 is 0 Å². The van der Waals surface area contributed by atoms with E-state index < -0.39 is 47.3 Å². The number of thioether (sulfide) groups is 1. The number of hydrogen-bond acceptors (Lipinski definition) is 7. The normalized spacial score (nSPS) is 15.8. The Morgan fingerprint density at radius 3 is 2.14 bits per heavy atom. The summed E-state index contributed by atoms with van der Waals surface area (Å²) in [6.45, 7) is -0.290. The van der Waals surface area contributed by atoms with Crippen molar-refractivity contribution in [2.75, 3.05) is 11.9 Å². The standard InChI is InChI=1S/C26H17F6N3O4S3/c27-25(28,29)15-5-13(6-16(8-15)26(30,31)32)14-7-18(41-11-14)9-20-22(37)35(24(40)42-20)10-19(33)21(36)34-17-3-1-12(2-4-17)23(38)39/h1-9,11,19H,10,33H2,(H,34,36)(H,38,39)/b20-9-. The van der Waals surface area contributed by atoms with Crippen LogP contribution in [0.25, 0.3) is 17.2 Å². The molecular formula is C26H17F6N3O4S3. The number of anilines is 1. The largest absolute Gasteiger partial charge is 0.478 e. The van der Waals surface area contributed by atoms with E-state index in [-0.39, 0.29) is 44.2 Å². The van der Waals surface area contributed by atoms with E-state index in [4.69, 9.17) is 23.1 Å². The second-order valence-electron chi connectivity index (χ2n) is 8.80. The molecule has 1 aliphatic heterocycles. The van der Waals surface area contributed by atoms with Crippen molar-refractivity contribution < 1.29 is 45.8 Å². The van der Waals surface area contributed by atoms with Gasteiger partial charge in [-0.3, -0.25) is 14.5 Å². The summed E-state index contributed by atoms with van der Waals surface area (Å²) in [6, 6.07) is 6.72. The van der Waals surface area contributed by atoms with E-state index in [1.807, 2.05) is 0 Å². The van der Waals surface area contributed by atoms with Gasteiger partial charge in [0.1, 0.15) is 10.4 Å². The third-order valence-electron chi connectivity index (χ3n) is 5.80. The maximum absolute atomic E-state index is 13.2. The fraction of sp³-hybridized carbons (Fsp3) is 0.154. The van der Waals surface area contributed by atoms with Gasteiger partial charge < -0.3 is 16.2 Å². The first-order valence-electron chi connectivity index (χ1n) is 11.6. The lowest BCUT2D eigenvalue weighted by Crippen LogP contribution is -2.46. The monoisotopic (exact) mass is 645 g/mol. The molecule has 4 rings (SSSR count). The van der Waals surface area contributed by atoms with Gasteiger partial charge in [-0.15, -0.1) is 11.3 Å². The van der Waals surface area contributed by atoms with Gasteiger partial charge in [0.05, 0.1) is 28.1 Å². The minimum Gasteiger partial charge on any atom is -0.478 e. The van der Waals surface area contributed by atoms with E-state index in [1.54, 1.807) is 0 Å².